The molecule has 1 amide bonds. The lowest BCUT2D eigenvalue weighted by Crippen LogP contribution is -2.37. The summed E-state index contributed by atoms with van der Waals surface area (Å²) in [6.07, 6.45) is -4.62. The van der Waals surface area contributed by atoms with Crippen molar-refractivity contribution < 1.29 is 26.4 Å². The number of carbonyl (C=O) groups excluding carboxylic acids is 1. The van der Waals surface area contributed by atoms with Crippen molar-refractivity contribution >= 4 is 33.0 Å². The summed E-state index contributed by atoms with van der Waals surface area (Å²) in [4.78, 5) is 10.8. The molecular formula is C10H10ClF3N2O3S. The number of benzene rings is 1. The number of sulfone groups is 1. The molecule has 0 aliphatic rings. The molecule has 20 heavy (non-hydrogen) atoms. The number of nitrogen functional groups attached to an aromatic ring is 1. The van der Waals surface area contributed by atoms with Crippen molar-refractivity contribution in [3.8, 4) is 0 Å². The van der Waals surface area contributed by atoms with E-state index < -0.39 is 39.1 Å². The summed E-state index contributed by atoms with van der Waals surface area (Å²) in [5, 5.41) is 1.26. The van der Waals surface area contributed by atoms with Crippen molar-refractivity contribution in [3.05, 3.63) is 23.2 Å². The smallest absolute Gasteiger partial charge is 0.398 e. The van der Waals surface area contributed by atoms with Gasteiger partial charge in [-0.25, -0.2) is 8.42 Å². The fourth-order valence-electron chi connectivity index (χ4n) is 1.35. The van der Waals surface area contributed by atoms with Gasteiger partial charge in [-0.2, -0.15) is 13.2 Å². The van der Waals surface area contributed by atoms with E-state index in [9.17, 15) is 26.4 Å². The topological polar surface area (TPSA) is 89.3 Å². The van der Waals surface area contributed by atoms with Gasteiger partial charge in [-0.15, -0.1) is 0 Å². The number of amides is 1. The highest BCUT2D eigenvalue weighted by molar-refractivity contribution is 7.92. The van der Waals surface area contributed by atoms with Crippen LogP contribution in [0, 0.1) is 0 Å². The van der Waals surface area contributed by atoms with E-state index in [0.29, 0.717) is 0 Å². The molecule has 0 fully saturated rings. The lowest BCUT2D eigenvalue weighted by Gasteiger charge is -2.11. The van der Waals surface area contributed by atoms with Crippen LogP contribution in [0.3, 0.4) is 0 Å². The lowest BCUT2D eigenvalue weighted by atomic mass is 10.3. The maximum absolute atomic E-state index is 11.9. The Hall–Kier alpha value is -1.48. The number of hydrogen-bond acceptors (Lipinski definition) is 4. The molecule has 5 nitrogen and oxygen atoms in total. The van der Waals surface area contributed by atoms with Gasteiger partial charge < -0.3 is 11.1 Å². The molecule has 0 unspecified atom stereocenters. The van der Waals surface area contributed by atoms with E-state index in [-0.39, 0.29) is 10.7 Å². The first-order chi connectivity index (χ1) is 9.03. The van der Waals surface area contributed by atoms with Crippen molar-refractivity contribution in [1.82, 2.24) is 5.32 Å². The predicted octanol–water partition coefficient (Wildman–Crippen LogP) is 1.37. The Morgan fingerprint density at radius 3 is 2.45 bits per heavy atom. The van der Waals surface area contributed by atoms with Crippen LogP contribution in [0.2, 0.25) is 5.02 Å². The Bertz CT molecular complexity index is 596. The summed E-state index contributed by atoms with van der Waals surface area (Å²) in [6.45, 7) is -1.61. The first-order valence-electron chi connectivity index (χ1n) is 5.13. The molecule has 0 bridgehead atoms. The third kappa shape index (κ3) is 4.57. The van der Waals surface area contributed by atoms with Crippen LogP contribution >= 0.6 is 11.6 Å². The van der Waals surface area contributed by atoms with Gasteiger partial charge in [0.25, 0.3) is 0 Å². The standard InChI is InChI=1S/C10H10ClF3N2O3S/c11-6-2-1-3-7(15)9(6)20(18,19)4-8(17)16-5-10(12,13)14/h1-3H,4-5,15H2,(H,16,17). The molecule has 0 radical (unpaired) electrons. The van der Waals surface area contributed by atoms with Crippen LogP contribution in [0.1, 0.15) is 0 Å². The van der Waals surface area contributed by atoms with Gasteiger partial charge in [0.1, 0.15) is 17.2 Å². The van der Waals surface area contributed by atoms with Crippen molar-refractivity contribution in [1.29, 1.82) is 0 Å². The molecule has 0 aliphatic carbocycles. The van der Waals surface area contributed by atoms with Crippen molar-refractivity contribution in [2.45, 2.75) is 11.1 Å². The first kappa shape index (κ1) is 16.6. The van der Waals surface area contributed by atoms with Crippen molar-refractivity contribution in [2.24, 2.45) is 0 Å². The van der Waals surface area contributed by atoms with Gasteiger partial charge in [0.15, 0.2) is 9.84 Å². The van der Waals surface area contributed by atoms with Crippen LogP contribution in [-0.2, 0) is 14.6 Å². The Morgan fingerprint density at radius 2 is 1.95 bits per heavy atom. The maximum Gasteiger partial charge on any atom is 0.405 e. The zero-order valence-electron chi connectivity index (χ0n) is 9.87. The zero-order valence-corrected chi connectivity index (χ0v) is 11.4. The van der Waals surface area contributed by atoms with Crippen LogP contribution in [0.5, 0.6) is 0 Å². The van der Waals surface area contributed by atoms with Crippen molar-refractivity contribution in [2.75, 3.05) is 18.0 Å². The minimum absolute atomic E-state index is 0.180. The number of rotatable bonds is 4. The minimum atomic E-state index is -4.62. The number of nitrogens with two attached hydrogens (primary N) is 1. The third-order valence-electron chi connectivity index (χ3n) is 2.12. The summed E-state index contributed by atoms with van der Waals surface area (Å²) in [5.41, 5.74) is 5.27. The highest BCUT2D eigenvalue weighted by Gasteiger charge is 2.30. The van der Waals surface area contributed by atoms with Gasteiger partial charge in [0, 0.05) is 0 Å². The molecule has 0 spiro atoms. The van der Waals surface area contributed by atoms with E-state index in [1.54, 1.807) is 0 Å². The maximum atomic E-state index is 11.9. The molecule has 10 heteroatoms. The predicted molar refractivity (Wildman–Crippen MR) is 67.0 cm³/mol. The number of halogens is 4. The Labute approximate surface area is 117 Å². The van der Waals surface area contributed by atoms with Gasteiger partial charge in [-0.3, -0.25) is 4.79 Å². The average Bonchev–Trinajstić information content (AvgIpc) is 2.24. The second-order valence-corrected chi connectivity index (χ2v) is 6.14. The first-order valence-corrected chi connectivity index (χ1v) is 7.16. The number of nitrogens with one attached hydrogen (secondary N) is 1. The second kappa shape index (κ2) is 5.88. The summed E-state index contributed by atoms with van der Waals surface area (Å²) < 4.78 is 59.5. The monoisotopic (exact) mass is 330 g/mol. The van der Waals surface area contributed by atoms with Crippen LogP contribution in [0.25, 0.3) is 0 Å². The zero-order chi connectivity index (χ0) is 15.6. The van der Waals surface area contributed by atoms with E-state index in [1.165, 1.54) is 23.5 Å². The molecular weight excluding hydrogens is 321 g/mol. The van der Waals surface area contributed by atoms with Gasteiger partial charge in [-0.05, 0) is 12.1 Å². The third-order valence-corrected chi connectivity index (χ3v) is 4.26. The van der Waals surface area contributed by atoms with Crippen LogP contribution < -0.4 is 11.1 Å². The van der Waals surface area contributed by atoms with Crippen LogP contribution in [0.4, 0.5) is 18.9 Å². The lowest BCUT2D eigenvalue weighted by molar-refractivity contribution is -0.137. The van der Waals surface area contributed by atoms with E-state index in [4.69, 9.17) is 17.3 Å². The van der Waals surface area contributed by atoms with Crippen LogP contribution in [-0.4, -0.2) is 32.8 Å². The normalized spacial score (nSPS) is 12.2. The Morgan fingerprint density at radius 1 is 1.35 bits per heavy atom. The van der Waals surface area contributed by atoms with E-state index >= 15 is 0 Å². The van der Waals surface area contributed by atoms with Crippen LogP contribution in [0.15, 0.2) is 23.1 Å². The number of hydrogen-bond donors (Lipinski definition) is 2. The molecule has 1 aromatic rings. The molecule has 0 heterocycles. The molecule has 1 aromatic carbocycles. The average molecular weight is 331 g/mol. The summed E-state index contributed by atoms with van der Waals surface area (Å²) >= 11 is 5.68. The quantitative estimate of drug-likeness (QED) is 0.816. The van der Waals surface area contributed by atoms with Gasteiger partial charge in [0.05, 0.1) is 10.7 Å². The largest absolute Gasteiger partial charge is 0.405 e. The minimum Gasteiger partial charge on any atom is -0.398 e. The molecule has 3 N–H and O–H groups in total. The molecule has 0 aliphatic heterocycles. The highest BCUT2D eigenvalue weighted by Crippen LogP contribution is 2.28. The number of carbonyl (C=O) groups is 1. The summed E-state index contributed by atoms with van der Waals surface area (Å²) in [7, 11) is -4.22. The Balaban J connectivity index is 2.88. The molecule has 0 atom stereocenters. The SMILES string of the molecule is Nc1cccc(Cl)c1S(=O)(=O)CC(=O)NCC(F)(F)F. The molecule has 0 aromatic heterocycles. The molecule has 0 saturated carbocycles. The highest BCUT2D eigenvalue weighted by atomic mass is 35.5. The van der Waals surface area contributed by atoms with Gasteiger partial charge in [-0.1, -0.05) is 17.7 Å². The Kier molecular flexibility index (Phi) is 4.87. The van der Waals surface area contributed by atoms with Gasteiger partial charge >= 0.3 is 6.18 Å². The second-order valence-electron chi connectivity index (χ2n) is 3.81. The van der Waals surface area contributed by atoms with Crippen molar-refractivity contribution in [3.63, 3.8) is 0 Å². The number of anilines is 1. The number of alkyl halides is 3. The summed E-state index contributed by atoms with van der Waals surface area (Å²) in [5.74, 6) is -2.46. The molecule has 0 saturated heterocycles. The van der Waals surface area contributed by atoms with Gasteiger partial charge in [0.2, 0.25) is 5.91 Å². The molecule has 112 valence electrons. The van der Waals surface area contributed by atoms with E-state index in [0.717, 1.165) is 0 Å². The van der Waals surface area contributed by atoms with E-state index in [2.05, 4.69) is 0 Å². The fraction of sp³-hybridized carbons (Fsp3) is 0.300. The molecule has 1 rings (SSSR count). The fourth-order valence-corrected chi connectivity index (χ4v) is 3.27. The summed E-state index contributed by atoms with van der Waals surface area (Å²) in [6, 6.07) is 3.91. The van der Waals surface area contributed by atoms with E-state index in [1.807, 2.05) is 0 Å².